The number of allylic oxidation sites excluding steroid dienone is 1. The quantitative estimate of drug-likeness (QED) is 0.745. The van der Waals surface area contributed by atoms with E-state index in [4.69, 9.17) is 0 Å². The van der Waals surface area contributed by atoms with Crippen LogP contribution in [-0.4, -0.2) is 12.1 Å². The second-order valence-corrected chi connectivity index (χ2v) is 3.06. The van der Waals surface area contributed by atoms with Crippen LogP contribution in [0.5, 0.6) is 5.75 Å². The van der Waals surface area contributed by atoms with Crippen LogP contribution in [0.2, 0.25) is 0 Å². The monoisotopic (exact) mass is 230 g/mol. The molecule has 0 spiro atoms. The lowest BCUT2D eigenvalue weighted by Crippen LogP contribution is -2.17. The van der Waals surface area contributed by atoms with Gasteiger partial charge in [-0.25, -0.2) is 0 Å². The average molecular weight is 230 g/mol. The lowest BCUT2D eigenvalue weighted by atomic mass is 10.2. The van der Waals surface area contributed by atoms with Gasteiger partial charge < -0.3 is 4.74 Å². The van der Waals surface area contributed by atoms with Gasteiger partial charge in [-0.3, -0.25) is 4.79 Å². The molecule has 2 nitrogen and oxygen atoms in total. The number of hydrogen-bond acceptors (Lipinski definition) is 2. The SMILES string of the molecule is CC(=O)C=Cc1cccc(OC(F)(F)F)c1. The van der Waals surface area contributed by atoms with E-state index in [9.17, 15) is 18.0 Å². The topological polar surface area (TPSA) is 26.3 Å². The predicted molar refractivity (Wildman–Crippen MR) is 52.8 cm³/mol. The van der Waals surface area contributed by atoms with E-state index in [-0.39, 0.29) is 11.5 Å². The Morgan fingerprint density at radius 1 is 1.38 bits per heavy atom. The summed E-state index contributed by atoms with van der Waals surface area (Å²) in [6.07, 6.45) is -2.01. The van der Waals surface area contributed by atoms with E-state index in [1.54, 1.807) is 6.07 Å². The zero-order valence-corrected chi connectivity index (χ0v) is 8.41. The molecule has 0 aliphatic carbocycles. The normalized spacial score (nSPS) is 11.8. The van der Waals surface area contributed by atoms with Crippen molar-refractivity contribution in [1.29, 1.82) is 0 Å². The Balaban J connectivity index is 2.83. The highest BCUT2D eigenvalue weighted by Gasteiger charge is 2.30. The molecule has 0 unspecified atom stereocenters. The van der Waals surface area contributed by atoms with Crippen molar-refractivity contribution in [3.63, 3.8) is 0 Å². The minimum absolute atomic E-state index is 0.179. The van der Waals surface area contributed by atoms with Gasteiger partial charge in [-0.1, -0.05) is 18.2 Å². The number of carbonyl (C=O) groups excluding carboxylic acids is 1. The summed E-state index contributed by atoms with van der Waals surface area (Å²) in [5, 5.41) is 0. The number of alkyl halides is 3. The summed E-state index contributed by atoms with van der Waals surface area (Å²) < 4.78 is 39.4. The summed E-state index contributed by atoms with van der Waals surface area (Å²) in [4.78, 5) is 10.6. The zero-order chi connectivity index (χ0) is 12.2. The zero-order valence-electron chi connectivity index (χ0n) is 8.41. The maximum atomic E-state index is 11.9. The van der Waals surface area contributed by atoms with Crippen LogP contribution >= 0.6 is 0 Å². The Labute approximate surface area is 90.3 Å². The number of rotatable bonds is 3. The average Bonchev–Trinajstić information content (AvgIpc) is 2.12. The molecule has 0 aromatic heterocycles. The summed E-state index contributed by atoms with van der Waals surface area (Å²) in [5.74, 6) is -0.486. The Kier molecular flexibility index (Phi) is 3.71. The third kappa shape index (κ3) is 4.63. The highest BCUT2D eigenvalue weighted by Crippen LogP contribution is 2.23. The van der Waals surface area contributed by atoms with Crippen molar-refractivity contribution in [1.82, 2.24) is 0 Å². The fourth-order valence-corrected chi connectivity index (χ4v) is 1.03. The third-order valence-corrected chi connectivity index (χ3v) is 1.60. The van der Waals surface area contributed by atoms with Crippen molar-refractivity contribution in [3.8, 4) is 5.75 Å². The molecule has 0 radical (unpaired) electrons. The third-order valence-electron chi connectivity index (χ3n) is 1.60. The van der Waals surface area contributed by atoms with Crippen molar-refractivity contribution >= 4 is 11.9 Å². The van der Waals surface area contributed by atoms with Gasteiger partial charge in [-0.2, -0.15) is 0 Å². The fraction of sp³-hybridized carbons (Fsp3) is 0.182. The maximum Gasteiger partial charge on any atom is 0.573 e. The Morgan fingerprint density at radius 3 is 2.62 bits per heavy atom. The molecule has 0 aliphatic heterocycles. The van der Waals surface area contributed by atoms with E-state index in [1.165, 1.54) is 37.3 Å². The van der Waals surface area contributed by atoms with Gasteiger partial charge in [0.1, 0.15) is 5.75 Å². The van der Waals surface area contributed by atoms with Crippen LogP contribution in [0.4, 0.5) is 13.2 Å². The minimum Gasteiger partial charge on any atom is -0.406 e. The van der Waals surface area contributed by atoms with Gasteiger partial charge in [0.15, 0.2) is 5.78 Å². The van der Waals surface area contributed by atoms with Crippen molar-refractivity contribution in [2.24, 2.45) is 0 Å². The Hall–Kier alpha value is -1.78. The number of halogens is 3. The van der Waals surface area contributed by atoms with E-state index in [1.807, 2.05) is 0 Å². The molecule has 86 valence electrons. The van der Waals surface area contributed by atoms with Gasteiger partial charge in [-0.15, -0.1) is 13.2 Å². The van der Waals surface area contributed by atoms with Crippen molar-refractivity contribution in [2.45, 2.75) is 13.3 Å². The number of ether oxygens (including phenoxy) is 1. The van der Waals surface area contributed by atoms with Crippen LogP contribution in [0, 0.1) is 0 Å². The Bertz CT molecular complexity index is 408. The minimum atomic E-state index is -4.71. The molecule has 0 saturated heterocycles. The number of carbonyl (C=O) groups is 1. The number of hydrogen-bond donors (Lipinski definition) is 0. The molecule has 0 atom stereocenters. The molecule has 0 aliphatic rings. The van der Waals surface area contributed by atoms with Crippen molar-refractivity contribution in [2.75, 3.05) is 0 Å². The van der Waals surface area contributed by atoms with E-state index >= 15 is 0 Å². The van der Waals surface area contributed by atoms with Crippen LogP contribution in [0.3, 0.4) is 0 Å². The molecule has 0 fully saturated rings. The van der Waals surface area contributed by atoms with E-state index in [0.717, 1.165) is 0 Å². The van der Waals surface area contributed by atoms with E-state index in [0.29, 0.717) is 5.56 Å². The number of benzene rings is 1. The first-order valence-corrected chi connectivity index (χ1v) is 4.41. The first kappa shape index (κ1) is 12.3. The second kappa shape index (κ2) is 4.83. The lowest BCUT2D eigenvalue weighted by molar-refractivity contribution is -0.274. The molecule has 0 amide bonds. The summed E-state index contributed by atoms with van der Waals surface area (Å²) in [7, 11) is 0. The molecule has 0 heterocycles. The van der Waals surface area contributed by atoms with Crippen LogP contribution in [0.15, 0.2) is 30.3 Å². The van der Waals surface area contributed by atoms with E-state index < -0.39 is 6.36 Å². The van der Waals surface area contributed by atoms with Crippen molar-refractivity contribution in [3.05, 3.63) is 35.9 Å². The van der Waals surface area contributed by atoms with Crippen LogP contribution < -0.4 is 4.74 Å². The summed E-state index contributed by atoms with van der Waals surface area (Å²) >= 11 is 0. The largest absolute Gasteiger partial charge is 0.573 e. The first-order chi connectivity index (χ1) is 7.37. The van der Waals surface area contributed by atoms with Crippen LogP contribution in [0.1, 0.15) is 12.5 Å². The first-order valence-electron chi connectivity index (χ1n) is 4.41. The van der Waals surface area contributed by atoms with Gasteiger partial charge in [0.05, 0.1) is 0 Å². The molecule has 0 bridgehead atoms. The second-order valence-electron chi connectivity index (χ2n) is 3.06. The standard InChI is InChI=1S/C11H9F3O2/c1-8(15)5-6-9-3-2-4-10(7-9)16-11(12,13)14/h2-7H,1H3. The highest BCUT2D eigenvalue weighted by molar-refractivity contribution is 5.91. The predicted octanol–water partition coefficient (Wildman–Crippen LogP) is 3.19. The smallest absolute Gasteiger partial charge is 0.406 e. The number of ketones is 1. The molecule has 1 aromatic rings. The highest BCUT2D eigenvalue weighted by atomic mass is 19.4. The molecular formula is C11H9F3O2. The van der Waals surface area contributed by atoms with Crippen LogP contribution in [-0.2, 0) is 4.79 Å². The van der Waals surface area contributed by atoms with Gasteiger partial charge in [0.2, 0.25) is 0 Å². The summed E-state index contributed by atoms with van der Waals surface area (Å²) in [6, 6.07) is 5.38. The molecule has 1 rings (SSSR count). The molecular weight excluding hydrogens is 221 g/mol. The fourth-order valence-electron chi connectivity index (χ4n) is 1.03. The van der Waals surface area contributed by atoms with E-state index in [2.05, 4.69) is 4.74 Å². The van der Waals surface area contributed by atoms with Crippen molar-refractivity contribution < 1.29 is 22.7 Å². The molecule has 0 N–H and O–H groups in total. The summed E-state index contributed by atoms with van der Waals surface area (Å²) in [5.41, 5.74) is 0.469. The molecule has 16 heavy (non-hydrogen) atoms. The molecule has 1 aromatic carbocycles. The van der Waals surface area contributed by atoms with Gasteiger partial charge in [0, 0.05) is 0 Å². The molecule has 0 saturated carbocycles. The van der Waals surface area contributed by atoms with Gasteiger partial charge in [0.25, 0.3) is 0 Å². The van der Waals surface area contributed by atoms with Gasteiger partial charge >= 0.3 is 6.36 Å². The Morgan fingerprint density at radius 2 is 2.06 bits per heavy atom. The maximum absolute atomic E-state index is 11.9. The lowest BCUT2D eigenvalue weighted by Gasteiger charge is -2.08. The van der Waals surface area contributed by atoms with Crippen LogP contribution in [0.25, 0.3) is 6.08 Å². The van der Waals surface area contributed by atoms with Gasteiger partial charge in [-0.05, 0) is 30.7 Å². The molecule has 5 heteroatoms. The summed E-state index contributed by atoms with van der Waals surface area (Å²) in [6.45, 7) is 1.35.